The van der Waals surface area contributed by atoms with E-state index in [2.05, 4.69) is 13.5 Å². The Morgan fingerprint density at radius 1 is 1.38 bits per heavy atom. The molecule has 1 spiro atoms. The van der Waals surface area contributed by atoms with Gasteiger partial charge in [0.25, 0.3) is 0 Å². The molecule has 32 heavy (non-hydrogen) atoms. The number of carbonyl (C=O) groups excluding carboxylic acids is 2. The molecular formula is C24H38N2O6. The molecule has 3 aliphatic rings. The fourth-order valence-electron chi connectivity index (χ4n) is 6.18. The number of carboxylic acids is 1. The Hall–Kier alpha value is -1.93. The highest BCUT2D eigenvalue weighted by Crippen LogP contribution is 2.59. The number of carboxylic acid groups (broad SMARTS) is 1. The molecule has 0 aromatic rings. The number of nitrogens with zero attached hydrogens (tertiary/aromatic N) is 2. The van der Waals surface area contributed by atoms with E-state index in [-0.39, 0.29) is 30.4 Å². The molecule has 0 aliphatic carbocycles. The lowest BCUT2D eigenvalue weighted by atomic mass is 9.70. The monoisotopic (exact) mass is 450 g/mol. The Kier molecular flexibility index (Phi) is 7.34. The third-order valence-corrected chi connectivity index (χ3v) is 7.95. The molecule has 1 unspecified atom stereocenters. The molecule has 3 saturated heterocycles. The number of aliphatic hydroxyl groups excluding tert-OH is 1. The Balaban J connectivity index is 2.12. The Labute approximate surface area is 190 Å². The van der Waals surface area contributed by atoms with Gasteiger partial charge in [0.15, 0.2) is 0 Å². The number of hydrogen-bond donors (Lipinski definition) is 2. The third kappa shape index (κ3) is 3.65. The van der Waals surface area contributed by atoms with Gasteiger partial charge in [-0.25, -0.2) is 0 Å². The normalized spacial score (nSPS) is 33.7. The number of ether oxygens (including phenoxy) is 1. The van der Waals surface area contributed by atoms with Crippen molar-refractivity contribution in [1.82, 2.24) is 9.80 Å². The van der Waals surface area contributed by atoms with Gasteiger partial charge in [-0.15, -0.1) is 6.58 Å². The lowest BCUT2D eigenvalue weighted by molar-refractivity contribution is -0.155. The largest absolute Gasteiger partial charge is 0.481 e. The van der Waals surface area contributed by atoms with E-state index in [0.717, 1.165) is 12.8 Å². The number of rotatable bonds is 11. The maximum atomic E-state index is 14.1. The number of aliphatic carboxylic acids is 1. The topological polar surface area (TPSA) is 107 Å². The zero-order chi connectivity index (χ0) is 23.8. The van der Waals surface area contributed by atoms with E-state index < -0.39 is 41.6 Å². The minimum absolute atomic E-state index is 0.0594. The van der Waals surface area contributed by atoms with Crippen LogP contribution in [0.2, 0.25) is 0 Å². The highest BCUT2D eigenvalue weighted by atomic mass is 16.5. The van der Waals surface area contributed by atoms with Crippen LogP contribution < -0.4 is 0 Å². The predicted octanol–water partition coefficient (Wildman–Crippen LogP) is 2.06. The van der Waals surface area contributed by atoms with Crippen LogP contribution in [0, 0.1) is 17.8 Å². The average molecular weight is 451 g/mol. The summed E-state index contributed by atoms with van der Waals surface area (Å²) in [6.07, 6.45) is 4.50. The number of amides is 2. The van der Waals surface area contributed by atoms with E-state index in [1.807, 2.05) is 20.8 Å². The van der Waals surface area contributed by atoms with Crippen LogP contribution in [0.1, 0.15) is 59.8 Å². The minimum Gasteiger partial charge on any atom is -0.481 e. The van der Waals surface area contributed by atoms with Gasteiger partial charge in [-0.3, -0.25) is 14.4 Å². The summed E-state index contributed by atoms with van der Waals surface area (Å²) < 4.78 is 6.27. The van der Waals surface area contributed by atoms with Crippen LogP contribution in [0.4, 0.5) is 0 Å². The summed E-state index contributed by atoms with van der Waals surface area (Å²) in [5, 5.41) is 20.2. The van der Waals surface area contributed by atoms with Gasteiger partial charge in [0.1, 0.15) is 11.6 Å². The fourth-order valence-corrected chi connectivity index (χ4v) is 6.18. The Morgan fingerprint density at radius 3 is 2.59 bits per heavy atom. The van der Waals surface area contributed by atoms with Crippen molar-refractivity contribution in [2.75, 3.05) is 13.2 Å². The maximum Gasteiger partial charge on any atom is 0.310 e. The summed E-state index contributed by atoms with van der Waals surface area (Å²) in [6.45, 7) is 11.8. The molecule has 2 amide bonds. The maximum absolute atomic E-state index is 14.1. The second-order valence-electron chi connectivity index (χ2n) is 9.69. The van der Waals surface area contributed by atoms with Gasteiger partial charge in [-0.1, -0.05) is 39.7 Å². The molecule has 0 radical (unpaired) electrons. The summed E-state index contributed by atoms with van der Waals surface area (Å²) in [4.78, 5) is 43.2. The molecule has 3 fully saturated rings. The number of aliphatic hydroxyl groups is 1. The van der Waals surface area contributed by atoms with Crippen LogP contribution in [0.5, 0.6) is 0 Å². The second-order valence-corrected chi connectivity index (χ2v) is 9.69. The van der Waals surface area contributed by atoms with Gasteiger partial charge in [0, 0.05) is 12.6 Å². The highest BCUT2D eigenvalue weighted by molar-refractivity contribution is 5.98. The molecule has 0 aromatic carbocycles. The van der Waals surface area contributed by atoms with E-state index in [1.165, 1.54) is 4.90 Å². The standard InChI is InChI=1S/C24H38N2O6/c1-6-9-15(5)25(12-7-2)22(29)20-24-11-10-17(32-24)18(23(30)31)19(24)21(28)26(20)16(13-27)14(4)8-3/h7,14-20,27H,2,6,8-13H2,1,3-5H3,(H,30,31)/t14-,15?,16-,17+,18-,19-,20+,24-/m0/s1. The van der Waals surface area contributed by atoms with Gasteiger partial charge >= 0.3 is 5.97 Å². The Morgan fingerprint density at radius 2 is 2.06 bits per heavy atom. The molecule has 0 aromatic heterocycles. The number of hydrogen-bond acceptors (Lipinski definition) is 5. The van der Waals surface area contributed by atoms with Gasteiger partial charge in [0.2, 0.25) is 11.8 Å². The Bertz CT molecular complexity index is 757. The molecule has 3 aliphatic heterocycles. The van der Waals surface area contributed by atoms with Crippen molar-refractivity contribution in [2.45, 2.75) is 89.6 Å². The molecule has 8 heteroatoms. The summed E-state index contributed by atoms with van der Waals surface area (Å²) >= 11 is 0. The number of carbonyl (C=O) groups is 3. The molecule has 8 nitrogen and oxygen atoms in total. The predicted molar refractivity (Wildman–Crippen MR) is 119 cm³/mol. The van der Waals surface area contributed by atoms with E-state index in [9.17, 15) is 24.6 Å². The van der Waals surface area contributed by atoms with E-state index in [0.29, 0.717) is 25.8 Å². The molecule has 180 valence electrons. The van der Waals surface area contributed by atoms with Gasteiger partial charge in [0.05, 0.1) is 30.6 Å². The number of likely N-dealkylation sites (tertiary alicyclic amines) is 1. The van der Waals surface area contributed by atoms with Crippen LogP contribution in [-0.4, -0.2) is 80.8 Å². The van der Waals surface area contributed by atoms with E-state index in [4.69, 9.17) is 4.74 Å². The molecular weight excluding hydrogens is 412 g/mol. The molecule has 2 N–H and O–H groups in total. The lowest BCUT2D eigenvalue weighted by Crippen LogP contribution is -2.60. The van der Waals surface area contributed by atoms with Crippen molar-refractivity contribution in [3.8, 4) is 0 Å². The van der Waals surface area contributed by atoms with Crippen molar-refractivity contribution in [3.63, 3.8) is 0 Å². The summed E-state index contributed by atoms with van der Waals surface area (Å²) in [6, 6.07) is -1.59. The van der Waals surface area contributed by atoms with Crippen molar-refractivity contribution in [2.24, 2.45) is 17.8 Å². The van der Waals surface area contributed by atoms with Crippen molar-refractivity contribution < 1.29 is 29.3 Å². The molecule has 3 heterocycles. The smallest absolute Gasteiger partial charge is 0.310 e. The summed E-state index contributed by atoms with van der Waals surface area (Å²) in [5.41, 5.74) is -1.16. The first-order valence-electron chi connectivity index (χ1n) is 11.9. The first-order valence-corrected chi connectivity index (χ1v) is 11.9. The van der Waals surface area contributed by atoms with E-state index >= 15 is 0 Å². The van der Waals surface area contributed by atoms with Crippen LogP contribution in [0.25, 0.3) is 0 Å². The highest BCUT2D eigenvalue weighted by Gasteiger charge is 2.75. The average Bonchev–Trinajstić information content (AvgIpc) is 3.40. The van der Waals surface area contributed by atoms with Crippen LogP contribution in [-0.2, 0) is 19.1 Å². The van der Waals surface area contributed by atoms with Crippen LogP contribution in [0.3, 0.4) is 0 Å². The molecule has 8 atom stereocenters. The van der Waals surface area contributed by atoms with E-state index in [1.54, 1.807) is 11.0 Å². The molecule has 2 bridgehead atoms. The lowest BCUT2D eigenvalue weighted by Gasteiger charge is -2.42. The van der Waals surface area contributed by atoms with Crippen LogP contribution >= 0.6 is 0 Å². The zero-order valence-corrected chi connectivity index (χ0v) is 19.7. The van der Waals surface area contributed by atoms with Crippen molar-refractivity contribution in [1.29, 1.82) is 0 Å². The fraction of sp³-hybridized carbons (Fsp3) is 0.792. The summed E-state index contributed by atoms with van der Waals surface area (Å²) in [5.74, 6) is -3.61. The van der Waals surface area contributed by atoms with Gasteiger partial charge in [-0.05, 0) is 32.1 Å². The van der Waals surface area contributed by atoms with Gasteiger partial charge in [-0.2, -0.15) is 0 Å². The second kappa shape index (κ2) is 9.51. The zero-order valence-electron chi connectivity index (χ0n) is 19.7. The molecule has 3 rings (SSSR count). The first-order chi connectivity index (χ1) is 15.2. The van der Waals surface area contributed by atoms with Crippen LogP contribution in [0.15, 0.2) is 12.7 Å². The van der Waals surface area contributed by atoms with Crippen molar-refractivity contribution in [3.05, 3.63) is 12.7 Å². The third-order valence-electron chi connectivity index (χ3n) is 7.95. The first kappa shape index (κ1) is 24.7. The van der Waals surface area contributed by atoms with Gasteiger partial charge < -0.3 is 24.7 Å². The SMILES string of the molecule is C=CCN(C(=O)[C@H]1N([C@@H](CO)[C@@H](C)CC)C(=O)[C@@H]2[C@@H](C(=O)O)[C@H]3CC[C@]21O3)C(C)CCC. The van der Waals surface area contributed by atoms with Crippen molar-refractivity contribution >= 4 is 17.8 Å². The number of fused-ring (bicyclic) bond motifs is 1. The minimum atomic E-state index is -1.16. The summed E-state index contributed by atoms with van der Waals surface area (Å²) in [7, 11) is 0. The quantitative estimate of drug-likeness (QED) is 0.467. The molecule has 0 saturated carbocycles.